The van der Waals surface area contributed by atoms with Gasteiger partial charge in [-0.3, -0.25) is 0 Å². The SMILES string of the molecule is C1=CCC(c2nn[nH]n2)=C1.[Cl-].[Cl-].[Zr+2]. The molecule has 1 aliphatic rings. The number of allylic oxidation sites excluding steroid dienone is 4. The van der Waals surface area contributed by atoms with Gasteiger partial charge in [0.05, 0.1) is 0 Å². The summed E-state index contributed by atoms with van der Waals surface area (Å²) < 4.78 is 0. The third kappa shape index (κ3) is 3.71. The van der Waals surface area contributed by atoms with Gasteiger partial charge in [0.25, 0.3) is 0 Å². The van der Waals surface area contributed by atoms with Crippen molar-refractivity contribution in [1.29, 1.82) is 0 Å². The maximum Gasteiger partial charge on any atom is 2.00 e. The summed E-state index contributed by atoms with van der Waals surface area (Å²) in [6.45, 7) is 0. The van der Waals surface area contributed by atoms with Crippen molar-refractivity contribution < 1.29 is 51.0 Å². The molecule has 1 heterocycles. The number of H-pyrrole nitrogens is 1. The molecule has 0 radical (unpaired) electrons. The predicted octanol–water partition coefficient (Wildman–Crippen LogP) is -5.45. The van der Waals surface area contributed by atoms with Gasteiger partial charge < -0.3 is 24.8 Å². The first-order valence-electron chi connectivity index (χ1n) is 3.06. The van der Waals surface area contributed by atoms with Crippen molar-refractivity contribution >= 4 is 5.57 Å². The zero-order valence-corrected chi connectivity index (χ0v) is 10.5. The minimum absolute atomic E-state index is 0. The smallest absolute Gasteiger partial charge is 1.00 e. The average Bonchev–Trinajstić information content (AvgIpc) is 2.59. The molecular weight excluding hydrogens is 290 g/mol. The quantitative estimate of drug-likeness (QED) is 0.563. The minimum Gasteiger partial charge on any atom is -1.00 e. The number of rotatable bonds is 1. The Kier molecular flexibility index (Phi) is 8.84. The normalized spacial score (nSPS) is 12.2. The summed E-state index contributed by atoms with van der Waals surface area (Å²) >= 11 is 0. The first-order chi connectivity index (χ1) is 4.97. The van der Waals surface area contributed by atoms with Crippen molar-refractivity contribution in [2.24, 2.45) is 0 Å². The Bertz CT molecular complexity index is 283. The summed E-state index contributed by atoms with van der Waals surface area (Å²) in [5.41, 5.74) is 1.12. The number of nitrogens with zero attached hydrogens (tertiary/aromatic N) is 3. The number of nitrogens with one attached hydrogen (secondary N) is 1. The summed E-state index contributed by atoms with van der Waals surface area (Å²) in [7, 11) is 0. The molecule has 68 valence electrons. The summed E-state index contributed by atoms with van der Waals surface area (Å²) in [6, 6.07) is 0. The van der Waals surface area contributed by atoms with E-state index in [1.807, 2.05) is 12.2 Å². The Balaban J connectivity index is 0. The second kappa shape index (κ2) is 7.42. The van der Waals surface area contributed by atoms with Gasteiger partial charge >= 0.3 is 26.2 Å². The Morgan fingerprint density at radius 2 is 2.08 bits per heavy atom. The van der Waals surface area contributed by atoms with Crippen LogP contribution in [0.15, 0.2) is 18.2 Å². The fourth-order valence-corrected chi connectivity index (χ4v) is 0.911. The van der Waals surface area contributed by atoms with E-state index in [-0.39, 0.29) is 51.0 Å². The van der Waals surface area contributed by atoms with Crippen LogP contribution < -0.4 is 24.8 Å². The molecule has 0 spiro atoms. The van der Waals surface area contributed by atoms with E-state index in [4.69, 9.17) is 0 Å². The Morgan fingerprint density at radius 1 is 1.31 bits per heavy atom. The Hall–Kier alpha value is 0.0131. The van der Waals surface area contributed by atoms with Crippen LogP contribution in [0.3, 0.4) is 0 Å². The second-order valence-electron chi connectivity index (χ2n) is 2.06. The number of hydrogen-bond acceptors (Lipinski definition) is 3. The van der Waals surface area contributed by atoms with E-state index < -0.39 is 0 Å². The standard InChI is InChI=1S/C6H6N4.2ClH.Zr/c1-2-4-5(3-1)6-7-9-10-8-6;;;/h1-3H,4H2,(H,7,8,9,10);2*1H;/q;;;+2/p-2. The molecule has 7 heteroatoms. The predicted molar refractivity (Wildman–Crippen MR) is 35.9 cm³/mol. The molecule has 0 saturated carbocycles. The van der Waals surface area contributed by atoms with E-state index in [1.165, 1.54) is 0 Å². The summed E-state index contributed by atoms with van der Waals surface area (Å²) in [5.74, 6) is 0.699. The molecule has 4 nitrogen and oxygen atoms in total. The maximum absolute atomic E-state index is 3.84. The molecule has 0 amide bonds. The third-order valence-electron chi connectivity index (χ3n) is 1.40. The molecule has 0 aromatic carbocycles. The van der Waals surface area contributed by atoms with Crippen LogP contribution in [0.1, 0.15) is 12.2 Å². The molecule has 0 saturated heterocycles. The molecule has 1 aliphatic carbocycles. The van der Waals surface area contributed by atoms with Gasteiger partial charge in [0.2, 0.25) is 5.82 Å². The summed E-state index contributed by atoms with van der Waals surface area (Å²) in [5, 5.41) is 13.6. The van der Waals surface area contributed by atoms with Gasteiger partial charge in [-0.15, -0.1) is 10.2 Å². The maximum atomic E-state index is 3.84. The first kappa shape index (κ1) is 15.5. The number of aromatic nitrogens is 4. The van der Waals surface area contributed by atoms with Crippen molar-refractivity contribution in [1.82, 2.24) is 20.6 Å². The van der Waals surface area contributed by atoms with Crippen LogP contribution >= 0.6 is 0 Å². The second-order valence-corrected chi connectivity index (χ2v) is 2.06. The molecule has 2 rings (SSSR count). The topological polar surface area (TPSA) is 54.5 Å². The van der Waals surface area contributed by atoms with Crippen LogP contribution in [0, 0.1) is 0 Å². The molecule has 0 fully saturated rings. The van der Waals surface area contributed by atoms with Crippen molar-refractivity contribution in [2.75, 3.05) is 0 Å². The van der Waals surface area contributed by atoms with Gasteiger partial charge in [-0.25, -0.2) is 0 Å². The van der Waals surface area contributed by atoms with Crippen molar-refractivity contribution in [3.8, 4) is 0 Å². The van der Waals surface area contributed by atoms with Gasteiger partial charge in [-0.1, -0.05) is 18.2 Å². The van der Waals surface area contributed by atoms with E-state index in [1.54, 1.807) is 0 Å². The molecular formula is C6H6Cl2N4Zr. The number of halogens is 2. The summed E-state index contributed by atoms with van der Waals surface area (Å²) in [4.78, 5) is 0. The van der Waals surface area contributed by atoms with Gasteiger partial charge in [0.15, 0.2) is 0 Å². The van der Waals surface area contributed by atoms with Crippen LogP contribution in [0.5, 0.6) is 0 Å². The number of hydrogen-bond donors (Lipinski definition) is 1. The molecule has 1 aromatic heterocycles. The van der Waals surface area contributed by atoms with E-state index in [9.17, 15) is 0 Å². The van der Waals surface area contributed by atoms with Crippen LogP contribution in [-0.4, -0.2) is 20.6 Å². The van der Waals surface area contributed by atoms with Crippen molar-refractivity contribution in [3.05, 3.63) is 24.1 Å². The van der Waals surface area contributed by atoms with Gasteiger partial charge in [0.1, 0.15) is 0 Å². The molecule has 13 heavy (non-hydrogen) atoms. The third-order valence-corrected chi connectivity index (χ3v) is 1.40. The van der Waals surface area contributed by atoms with Gasteiger partial charge in [-0.05, 0) is 11.6 Å². The zero-order valence-electron chi connectivity index (χ0n) is 6.54. The molecule has 0 bridgehead atoms. The Morgan fingerprint density at radius 3 is 2.54 bits per heavy atom. The van der Waals surface area contributed by atoms with Crippen molar-refractivity contribution in [2.45, 2.75) is 6.42 Å². The Labute approximate surface area is 107 Å². The van der Waals surface area contributed by atoms with Crippen LogP contribution in [0.2, 0.25) is 0 Å². The number of aromatic amines is 1. The molecule has 0 aliphatic heterocycles. The monoisotopic (exact) mass is 294 g/mol. The average molecular weight is 296 g/mol. The van der Waals surface area contributed by atoms with Crippen molar-refractivity contribution in [3.63, 3.8) is 0 Å². The fourth-order valence-electron chi connectivity index (χ4n) is 0.911. The van der Waals surface area contributed by atoms with E-state index >= 15 is 0 Å². The molecule has 1 N–H and O–H groups in total. The van der Waals surface area contributed by atoms with E-state index in [2.05, 4.69) is 26.7 Å². The van der Waals surface area contributed by atoms with Crippen LogP contribution in [0.4, 0.5) is 0 Å². The molecule has 1 aromatic rings. The first-order valence-corrected chi connectivity index (χ1v) is 3.06. The molecule has 0 atom stereocenters. The van der Waals surface area contributed by atoms with Crippen LogP contribution in [-0.2, 0) is 26.2 Å². The van der Waals surface area contributed by atoms with Crippen LogP contribution in [0.25, 0.3) is 5.57 Å². The minimum atomic E-state index is 0. The van der Waals surface area contributed by atoms with E-state index in [0.29, 0.717) is 5.82 Å². The fraction of sp³-hybridized carbons (Fsp3) is 0.167. The number of tetrazole rings is 1. The van der Waals surface area contributed by atoms with Gasteiger partial charge in [0, 0.05) is 5.57 Å². The van der Waals surface area contributed by atoms with E-state index in [0.717, 1.165) is 12.0 Å². The molecule has 0 unspecified atom stereocenters. The zero-order chi connectivity index (χ0) is 6.81. The van der Waals surface area contributed by atoms with Gasteiger partial charge in [-0.2, -0.15) is 5.21 Å². The largest absolute Gasteiger partial charge is 2.00 e. The summed E-state index contributed by atoms with van der Waals surface area (Å²) in [6.07, 6.45) is 6.96.